The summed E-state index contributed by atoms with van der Waals surface area (Å²) in [6, 6.07) is 13.6. The predicted molar refractivity (Wildman–Crippen MR) is 181 cm³/mol. The van der Waals surface area contributed by atoms with E-state index >= 15 is 0 Å². The molecule has 4 aromatic rings. The number of ether oxygens (including phenoxy) is 1. The largest absolute Gasteiger partial charge is 0.454 e. The van der Waals surface area contributed by atoms with Gasteiger partial charge in [-0.2, -0.15) is 28.1 Å². The zero-order valence-corrected chi connectivity index (χ0v) is 28.7. The van der Waals surface area contributed by atoms with Gasteiger partial charge in [-0.1, -0.05) is 37.6 Å². The summed E-state index contributed by atoms with van der Waals surface area (Å²) in [5.41, 5.74) is -0.278. The van der Waals surface area contributed by atoms with Crippen molar-refractivity contribution in [2.75, 3.05) is 35.6 Å². The highest BCUT2D eigenvalue weighted by Gasteiger charge is 2.45. The van der Waals surface area contributed by atoms with Crippen LogP contribution >= 0.6 is 11.6 Å². The zero-order chi connectivity index (χ0) is 38.6. The van der Waals surface area contributed by atoms with E-state index in [0.29, 0.717) is 35.7 Å². The minimum Gasteiger partial charge on any atom is -0.454 e. The van der Waals surface area contributed by atoms with E-state index in [-0.39, 0.29) is 30.5 Å². The molecule has 0 atom stereocenters. The van der Waals surface area contributed by atoms with E-state index in [4.69, 9.17) is 16.3 Å². The van der Waals surface area contributed by atoms with Crippen molar-refractivity contribution in [3.05, 3.63) is 94.3 Å². The first kappa shape index (κ1) is 38.6. The summed E-state index contributed by atoms with van der Waals surface area (Å²) >= 11 is 6.01. The Bertz CT molecular complexity index is 1970. The SMILES string of the molecule is CC(C)(CNC(=O)C(=O)Nc1cc(F)c(F)c(F)c1)CNC(=O)c1ccc(Nc2nc(NC3(c4ccc(Cl)cc4)CC3)nc(OCC(F)(F)F)n2)cc1. The molecule has 3 amide bonds. The topological polar surface area (TPSA) is 159 Å². The van der Waals surface area contributed by atoms with Crippen molar-refractivity contribution < 1.29 is 45.5 Å². The molecule has 19 heteroatoms. The fourth-order valence-electron chi connectivity index (χ4n) is 4.81. The quantitative estimate of drug-likeness (QED) is 0.0604. The number of alkyl halides is 3. The summed E-state index contributed by atoms with van der Waals surface area (Å²) in [7, 11) is 0. The number of anilines is 4. The van der Waals surface area contributed by atoms with Crippen LogP contribution in [0.4, 0.5) is 49.6 Å². The highest BCUT2D eigenvalue weighted by atomic mass is 35.5. The van der Waals surface area contributed by atoms with E-state index in [1.165, 1.54) is 24.3 Å². The lowest BCUT2D eigenvalue weighted by Gasteiger charge is -2.25. The molecule has 0 unspecified atom stereocenters. The van der Waals surface area contributed by atoms with Crippen LogP contribution in [-0.4, -0.2) is 58.5 Å². The smallest absolute Gasteiger partial charge is 0.422 e. The second kappa shape index (κ2) is 15.5. The number of nitrogens with one attached hydrogen (secondary N) is 5. The van der Waals surface area contributed by atoms with Gasteiger partial charge in [0.25, 0.3) is 5.91 Å². The average Bonchev–Trinajstić information content (AvgIpc) is 3.88. The lowest BCUT2D eigenvalue weighted by molar-refractivity contribution is -0.154. The van der Waals surface area contributed by atoms with E-state index in [2.05, 4.69) is 36.2 Å². The van der Waals surface area contributed by atoms with Gasteiger partial charge in [0.1, 0.15) is 0 Å². The number of hydrogen-bond donors (Lipinski definition) is 5. The number of carbonyl (C=O) groups excluding carboxylic acids is 3. The van der Waals surface area contributed by atoms with Crippen LogP contribution in [0.5, 0.6) is 6.01 Å². The third-order valence-corrected chi connectivity index (χ3v) is 8.04. The van der Waals surface area contributed by atoms with Crippen molar-refractivity contribution in [3.8, 4) is 6.01 Å². The Balaban J connectivity index is 1.17. The molecular formula is C34H31ClF6N8O4. The number of carbonyl (C=O) groups is 3. The van der Waals surface area contributed by atoms with Gasteiger partial charge in [0.05, 0.1) is 5.54 Å². The molecule has 0 spiro atoms. The third kappa shape index (κ3) is 10.7. The molecule has 5 rings (SSSR count). The number of rotatable bonds is 13. The second-order valence-corrected chi connectivity index (χ2v) is 13.3. The molecule has 1 saturated carbocycles. The Hall–Kier alpha value is -5.65. The lowest BCUT2D eigenvalue weighted by Crippen LogP contribution is -2.45. The Kier molecular flexibility index (Phi) is 11.3. The summed E-state index contributed by atoms with van der Waals surface area (Å²) in [4.78, 5) is 49.6. The van der Waals surface area contributed by atoms with Gasteiger partial charge < -0.3 is 31.3 Å². The first-order valence-electron chi connectivity index (χ1n) is 15.8. The molecule has 53 heavy (non-hydrogen) atoms. The van der Waals surface area contributed by atoms with Crippen molar-refractivity contribution in [2.45, 2.75) is 38.4 Å². The van der Waals surface area contributed by atoms with Crippen LogP contribution in [-0.2, 0) is 15.1 Å². The predicted octanol–water partition coefficient (Wildman–Crippen LogP) is 6.24. The van der Waals surface area contributed by atoms with Gasteiger partial charge in [0.15, 0.2) is 24.1 Å². The standard InChI is InChI=1S/C34H31ClF6N8O4/c1-32(2,16-43-27(51)28(52)44-22-13-23(36)25(38)24(37)14-22)15-42-26(50)18-3-9-21(10-4-18)45-29-46-30(48-31(47-29)53-17-34(39,40)41)49-33(11-12-33)19-5-7-20(35)8-6-19/h3-10,13-14H,11-12,15-17H2,1-2H3,(H,42,50)(H,43,51)(H,44,52)(H2,45,46,47,48,49). The Morgan fingerprint density at radius 2 is 1.42 bits per heavy atom. The van der Waals surface area contributed by atoms with Crippen molar-refractivity contribution in [3.63, 3.8) is 0 Å². The first-order valence-corrected chi connectivity index (χ1v) is 16.2. The lowest BCUT2D eigenvalue weighted by atomic mass is 9.93. The highest BCUT2D eigenvalue weighted by Crippen LogP contribution is 2.48. The molecule has 280 valence electrons. The van der Waals surface area contributed by atoms with Gasteiger partial charge in [0.2, 0.25) is 11.9 Å². The van der Waals surface area contributed by atoms with Gasteiger partial charge in [-0.15, -0.1) is 0 Å². The summed E-state index contributed by atoms with van der Waals surface area (Å²) < 4.78 is 83.5. The van der Waals surface area contributed by atoms with Gasteiger partial charge in [-0.3, -0.25) is 14.4 Å². The number of aromatic nitrogens is 3. The number of amides is 3. The highest BCUT2D eigenvalue weighted by molar-refractivity contribution is 6.39. The maximum absolute atomic E-state index is 13.4. The third-order valence-electron chi connectivity index (χ3n) is 7.78. The molecular weight excluding hydrogens is 734 g/mol. The molecule has 1 aliphatic carbocycles. The molecule has 1 aliphatic rings. The molecule has 1 aromatic heterocycles. The molecule has 0 saturated heterocycles. The average molecular weight is 765 g/mol. The first-order chi connectivity index (χ1) is 24.9. The Morgan fingerprint density at radius 3 is 2.02 bits per heavy atom. The summed E-state index contributed by atoms with van der Waals surface area (Å²) in [6.07, 6.45) is -3.22. The summed E-state index contributed by atoms with van der Waals surface area (Å²) in [5, 5.41) is 13.7. The van der Waals surface area contributed by atoms with Crippen molar-refractivity contribution >= 4 is 52.6 Å². The van der Waals surface area contributed by atoms with Crippen LogP contribution < -0.4 is 31.3 Å². The maximum atomic E-state index is 13.4. The molecule has 0 radical (unpaired) electrons. The van der Waals surface area contributed by atoms with Gasteiger partial charge in [0, 0.05) is 47.2 Å². The zero-order valence-electron chi connectivity index (χ0n) is 27.9. The van der Waals surface area contributed by atoms with E-state index in [9.17, 15) is 40.7 Å². The normalized spacial score (nSPS) is 13.5. The monoisotopic (exact) mass is 764 g/mol. The molecule has 1 heterocycles. The number of benzene rings is 3. The van der Waals surface area contributed by atoms with Gasteiger partial charge in [-0.05, 0) is 60.2 Å². The van der Waals surface area contributed by atoms with Crippen LogP contribution in [0.2, 0.25) is 5.02 Å². The number of halogens is 7. The van der Waals surface area contributed by atoms with E-state index in [1.807, 2.05) is 17.4 Å². The second-order valence-electron chi connectivity index (χ2n) is 12.8. The Labute approximate surface area is 303 Å². The van der Waals surface area contributed by atoms with Crippen LogP contribution in [0, 0.1) is 22.9 Å². The Morgan fingerprint density at radius 1 is 0.811 bits per heavy atom. The van der Waals surface area contributed by atoms with E-state index in [1.54, 1.807) is 26.0 Å². The van der Waals surface area contributed by atoms with Crippen molar-refractivity contribution in [2.24, 2.45) is 5.41 Å². The fraction of sp³-hybridized carbons (Fsp3) is 0.294. The van der Waals surface area contributed by atoms with Gasteiger partial charge >= 0.3 is 24.0 Å². The molecule has 0 bridgehead atoms. The maximum Gasteiger partial charge on any atom is 0.422 e. The molecule has 1 fully saturated rings. The van der Waals surface area contributed by atoms with Crippen LogP contribution in [0.15, 0.2) is 60.7 Å². The molecule has 12 nitrogen and oxygen atoms in total. The van der Waals surface area contributed by atoms with Crippen LogP contribution in [0.3, 0.4) is 0 Å². The van der Waals surface area contributed by atoms with E-state index < -0.39 is 70.6 Å². The molecule has 5 N–H and O–H groups in total. The number of hydrogen-bond acceptors (Lipinski definition) is 9. The van der Waals surface area contributed by atoms with Crippen molar-refractivity contribution in [1.29, 1.82) is 0 Å². The molecule has 0 aliphatic heterocycles. The molecule has 3 aromatic carbocycles. The minimum atomic E-state index is -4.64. The van der Waals surface area contributed by atoms with Crippen LogP contribution in [0.1, 0.15) is 42.6 Å². The summed E-state index contributed by atoms with van der Waals surface area (Å²) in [5.74, 6) is -7.83. The van der Waals surface area contributed by atoms with E-state index in [0.717, 1.165) is 5.56 Å². The minimum absolute atomic E-state index is 0.0267. The number of nitrogens with zero attached hydrogens (tertiary/aromatic N) is 3. The van der Waals surface area contributed by atoms with Crippen LogP contribution in [0.25, 0.3) is 0 Å². The fourth-order valence-corrected chi connectivity index (χ4v) is 4.93. The van der Waals surface area contributed by atoms with Gasteiger partial charge in [-0.25, -0.2) is 13.2 Å². The van der Waals surface area contributed by atoms with Crippen molar-refractivity contribution in [1.82, 2.24) is 25.6 Å². The summed E-state index contributed by atoms with van der Waals surface area (Å²) in [6.45, 7) is 1.71.